The van der Waals surface area contributed by atoms with E-state index in [1.165, 1.54) is 38.1 Å². The van der Waals surface area contributed by atoms with E-state index in [1.54, 1.807) is 0 Å². The normalized spacial score (nSPS) is 38.2. The fraction of sp³-hybridized carbons (Fsp3) is 0.545. The summed E-state index contributed by atoms with van der Waals surface area (Å²) in [5.74, 6) is -2.07. The number of rotatable bonds is 8. The van der Waals surface area contributed by atoms with Crippen LogP contribution in [0.4, 0.5) is 0 Å². The van der Waals surface area contributed by atoms with Gasteiger partial charge in [0.05, 0.1) is 18.8 Å². The van der Waals surface area contributed by atoms with E-state index in [2.05, 4.69) is 0 Å². The fourth-order valence-corrected chi connectivity index (χ4v) is 6.17. The summed E-state index contributed by atoms with van der Waals surface area (Å²) in [6.07, 6.45) is -24.1. The Morgan fingerprint density at radius 2 is 1.27 bits per heavy atom. The van der Waals surface area contributed by atoms with Gasteiger partial charge in [0.15, 0.2) is 18.2 Å². The quantitative estimate of drug-likeness (QED) is 0.110. The van der Waals surface area contributed by atoms with Crippen LogP contribution < -0.4 is 14.9 Å². The zero-order chi connectivity index (χ0) is 37.8. The predicted octanol–water partition coefficient (Wildman–Crippen LogP) is -2.89. The summed E-state index contributed by atoms with van der Waals surface area (Å²) in [7, 11) is 0. The van der Waals surface area contributed by atoms with Gasteiger partial charge in [0.1, 0.15) is 83.2 Å². The van der Waals surface area contributed by atoms with Crippen LogP contribution in [0.25, 0.3) is 22.3 Å². The summed E-state index contributed by atoms with van der Waals surface area (Å²) in [5, 5.41) is 114. The van der Waals surface area contributed by atoms with Gasteiger partial charge in [-0.1, -0.05) is 0 Å². The highest BCUT2D eigenvalue weighted by molar-refractivity contribution is 5.88. The third-order valence-electron chi connectivity index (χ3n) is 9.25. The van der Waals surface area contributed by atoms with E-state index in [-0.39, 0.29) is 28.4 Å². The number of aliphatic hydroxyl groups is 9. The molecule has 3 fully saturated rings. The molecule has 0 spiro atoms. The predicted molar refractivity (Wildman–Crippen MR) is 170 cm³/mol. The Morgan fingerprint density at radius 1 is 0.673 bits per heavy atom. The number of phenols is 2. The molecule has 15 atom stereocenters. The summed E-state index contributed by atoms with van der Waals surface area (Å²) in [6, 6.07) is 7.36. The average molecular weight is 741 g/mol. The Morgan fingerprint density at radius 3 is 1.88 bits per heavy atom. The number of hydrogen-bond donors (Lipinski definition) is 11. The first-order chi connectivity index (χ1) is 24.6. The number of benzene rings is 2. The molecule has 3 saturated heterocycles. The van der Waals surface area contributed by atoms with Crippen molar-refractivity contribution < 1.29 is 89.0 Å². The number of fused-ring (bicyclic) bond motifs is 1. The molecular formula is C33H40O19. The Labute approximate surface area is 293 Å². The first-order valence-electron chi connectivity index (χ1n) is 16.2. The maximum atomic E-state index is 14.2. The lowest BCUT2D eigenvalue weighted by Gasteiger charge is -2.45. The van der Waals surface area contributed by atoms with Crippen molar-refractivity contribution in [3.05, 3.63) is 46.6 Å². The Kier molecular flexibility index (Phi) is 11.0. The summed E-state index contributed by atoms with van der Waals surface area (Å²) >= 11 is 0. The van der Waals surface area contributed by atoms with Gasteiger partial charge in [-0.2, -0.15) is 0 Å². The molecular weight excluding hydrogens is 700 g/mol. The molecule has 3 aliphatic rings. The van der Waals surface area contributed by atoms with Gasteiger partial charge < -0.3 is 89.0 Å². The monoisotopic (exact) mass is 740 g/mol. The molecule has 0 aliphatic carbocycles. The second kappa shape index (κ2) is 15.0. The first kappa shape index (κ1) is 38.1. The summed E-state index contributed by atoms with van der Waals surface area (Å²) < 4.78 is 40.1. The van der Waals surface area contributed by atoms with Crippen molar-refractivity contribution in [1.82, 2.24) is 0 Å². The molecule has 3 aliphatic heterocycles. The van der Waals surface area contributed by atoms with Crippen LogP contribution in [0.3, 0.4) is 0 Å². The smallest absolute Gasteiger partial charge is 0.239 e. The molecule has 6 rings (SSSR count). The van der Waals surface area contributed by atoms with Crippen molar-refractivity contribution in [1.29, 1.82) is 0 Å². The van der Waals surface area contributed by atoms with Crippen molar-refractivity contribution >= 4 is 11.0 Å². The number of aliphatic hydroxyl groups excluding tert-OH is 9. The van der Waals surface area contributed by atoms with E-state index in [9.17, 15) is 61.0 Å². The molecule has 286 valence electrons. The van der Waals surface area contributed by atoms with E-state index >= 15 is 0 Å². The van der Waals surface area contributed by atoms with Crippen molar-refractivity contribution in [3.63, 3.8) is 0 Å². The van der Waals surface area contributed by atoms with E-state index < -0.39 is 121 Å². The first-order valence-corrected chi connectivity index (χ1v) is 16.2. The Bertz CT molecular complexity index is 1770. The number of ether oxygens (including phenoxy) is 6. The van der Waals surface area contributed by atoms with Gasteiger partial charge in [-0.25, -0.2) is 0 Å². The molecule has 0 amide bonds. The zero-order valence-corrected chi connectivity index (χ0v) is 27.5. The largest absolute Gasteiger partial charge is 0.508 e. The second-order valence-electron chi connectivity index (χ2n) is 12.9. The van der Waals surface area contributed by atoms with Crippen molar-refractivity contribution in [3.8, 4) is 34.3 Å². The molecule has 52 heavy (non-hydrogen) atoms. The van der Waals surface area contributed by atoms with Gasteiger partial charge in [-0.05, 0) is 38.1 Å². The highest BCUT2D eigenvalue weighted by Gasteiger charge is 2.51. The van der Waals surface area contributed by atoms with Gasteiger partial charge >= 0.3 is 0 Å². The standard InChI is InChI=1S/C33H40O19/c1-10-19(37)23(41)26(44)31(46-10)48-14-7-15(36)18-16(8-14)49-28(12-3-5-13(35)6-4-12)29(22(18)40)51-33-30(25(43)21(39)17(9-34)50-33)52-32-27(45)24(42)20(38)11(2)47-32/h3-8,10-11,17,19-21,23-27,30-39,41-45H,9H2,1-2H3/t10-,11-,17+,19-,20-,21+,23+,24+,25-,26+,27+,30+,31-,32-,33-/m0/s1. The SMILES string of the molecule is C[C@@H]1O[C@@H](Oc2cc(O)c3c(=O)c(O[C@@H]4O[C@H](CO)[C@@H](O)[C@H](O)[C@H]4O[C@@H]4O[C@@H](C)[C@H](O)[C@@H](O)[C@H]4O)c(-c4ccc(O)cc4)oc3c2)[C@H](O)[C@H](O)[C@H]1O. The molecule has 0 radical (unpaired) electrons. The molecule has 4 heterocycles. The molecule has 1 aromatic heterocycles. The number of hydrogen-bond acceptors (Lipinski definition) is 19. The topological polar surface area (TPSA) is 308 Å². The molecule has 19 heteroatoms. The fourth-order valence-electron chi connectivity index (χ4n) is 6.17. The van der Waals surface area contributed by atoms with Gasteiger partial charge in [0.25, 0.3) is 0 Å². The molecule has 3 aromatic rings. The maximum absolute atomic E-state index is 14.2. The minimum atomic E-state index is -1.93. The van der Waals surface area contributed by atoms with E-state index in [0.717, 1.165) is 12.1 Å². The van der Waals surface area contributed by atoms with E-state index in [0.29, 0.717) is 0 Å². The van der Waals surface area contributed by atoms with Crippen molar-refractivity contribution in [2.24, 2.45) is 0 Å². The van der Waals surface area contributed by atoms with Crippen LogP contribution >= 0.6 is 0 Å². The lowest BCUT2D eigenvalue weighted by atomic mass is 9.97. The van der Waals surface area contributed by atoms with Crippen molar-refractivity contribution in [2.45, 2.75) is 106 Å². The minimum Gasteiger partial charge on any atom is -0.508 e. The van der Waals surface area contributed by atoms with Crippen LogP contribution in [0.5, 0.6) is 23.0 Å². The Hall–Kier alpha value is -3.67. The van der Waals surface area contributed by atoms with E-state index in [1.807, 2.05) is 0 Å². The summed E-state index contributed by atoms with van der Waals surface area (Å²) in [5.41, 5.74) is -1.20. The number of phenolic OH excluding ortho intramolecular Hbond substituents is 2. The zero-order valence-electron chi connectivity index (χ0n) is 27.5. The lowest BCUT2D eigenvalue weighted by Crippen LogP contribution is -2.64. The lowest BCUT2D eigenvalue weighted by molar-refractivity contribution is -0.354. The van der Waals surface area contributed by atoms with Crippen LogP contribution in [0.1, 0.15) is 13.8 Å². The number of aromatic hydroxyl groups is 2. The highest BCUT2D eigenvalue weighted by atomic mass is 16.8. The van der Waals surface area contributed by atoms with Gasteiger partial charge in [0.2, 0.25) is 23.8 Å². The van der Waals surface area contributed by atoms with Crippen LogP contribution in [0.2, 0.25) is 0 Å². The molecule has 0 bridgehead atoms. The van der Waals surface area contributed by atoms with Crippen molar-refractivity contribution in [2.75, 3.05) is 6.61 Å². The molecule has 19 nitrogen and oxygen atoms in total. The van der Waals surface area contributed by atoms with Gasteiger partial charge in [0, 0.05) is 17.7 Å². The second-order valence-corrected chi connectivity index (χ2v) is 12.9. The molecule has 0 saturated carbocycles. The van der Waals surface area contributed by atoms with Gasteiger partial charge in [-0.3, -0.25) is 4.79 Å². The summed E-state index contributed by atoms with van der Waals surface area (Å²) in [4.78, 5) is 14.2. The Balaban J connectivity index is 1.41. The summed E-state index contributed by atoms with van der Waals surface area (Å²) in [6.45, 7) is 1.97. The third-order valence-corrected chi connectivity index (χ3v) is 9.25. The van der Waals surface area contributed by atoms with Crippen LogP contribution in [-0.2, 0) is 18.9 Å². The highest BCUT2D eigenvalue weighted by Crippen LogP contribution is 2.39. The van der Waals surface area contributed by atoms with Crippen LogP contribution in [0, 0.1) is 0 Å². The third kappa shape index (κ3) is 7.03. The van der Waals surface area contributed by atoms with Crippen LogP contribution in [-0.4, -0.2) is 155 Å². The van der Waals surface area contributed by atoms with Crippen LogP contribution in [0.15, 0.2) is 45.6 Å². The molecule has 2 aromatic carbocycles. The minimum absolute atomic E-state index is 0.124. The maximum Gasteiger partial charge on any atom is 0.239 e. The van der Waals surface area contributed by atoms with E-state index in [4.69, 9.17) is 32.8 Å². The average Bonchev–Trinajstić information content (AvgIpc) is 3.11. The molecule has 11 N–H and O–H groups in total. The molecule has 0 unspecified atom stereocenters. The van der Waals surface area contributed by atoms with Gasteiger partial charge in [-0.15, -0.1) is 0 Å².